The fraction of sp³-hybridized carbons (Fsp3) is 0.571. The number of ether oxygens (including phenoxy) is 1. The first-order valence-electron chi connectivity index (χ1n) is 5.91. The highest BCUT2D eigenvalue weighted by atomic mass is 79.9. The zero-order valence-electron chi connectivity index (χ0n) is 11.1. The van der Waals surface area contributed by atoms with Crippen molar-refractivity contribution in [3.8, 4) is 5.75 Å². The predicted molar refractivity (Wildman–Crippen MR) is 78.2 cm³/mol. The van der Waals surface area contributed by atoms with Crippen LogP contribution in [0.25, 0.3) is 0 Å². The van der Waals surface area contributed by atoms with Crippen molar-refractivity contribution in [3.05, 3.63) is 27.2 Å². The van der Waals surface area contributed by atoms with Gasteiger partial charge in [-0.25, -0.2) is 0 Å². The van der Waals surface area contributed by atoms with Crippen LogP contribution in [0.5, 0.6) is 5.75 Å². The summed E-state index contributed by atoms with van der Waals surface area (Å²) in [6.07, 6.45) is 1.06. The minimum absolute atomic E-state index is 0.00819. The van der Waals surface area contributed by atoms with Gasteiger partial charge in [-0.2, -0.15) is 0 Å². The van der Waals surface area contributed by atoms with Crippen LogP contribution in [-0.2, 0) is 0 Å². The number of halogens is 2. The molecule has 1 aromatic rings. The lowest BCUT2D eigenvalue weighted by Crippen LogP contribution is -2.08. The van der Waals surface area contributed by atoms with Crippen molar-refractivity contribution in [2.24, 2.45) is 5.92 Å². The number of benzene rings is 1. The smallest absolute Gasteiger partial charge is 0.126 e. The molecule has 2 atom stereocenters. The lowest BCUT2D eigenvalue weighted by atomic mass is 9.92. The van der Waals surface area contributed by atoms with E-state index >= 15 is 0 Å². The Balaban J connectivity index is 3.38. The third-order valence-electron chi connectivity index (χ3n) is 3.33. The maximum Gasteiger partial charge on any atom is 0.126 e. The molecule has 0 saturated carbocycles. The average Bonchev–Trinajstić information content (AvgIpc) is 2.31. The second-order valence-electron chi connectivity index (χ2n) is 4.53. The molecule has 0 heterocycles. The van der Waals surface area contributed by atoms with Gasteiger partial charge >= 0.3 is 0 Å². The summed E-state index contributed by atoms with van der Waals surface area (Å²) in [5.41, 5.74) is 3.41. The van der Waals surface area contributed by atoms with Crippen molar-refractivity contribution in [2.75, 3.05) is 7.11 Å². The molecule has 0 aliphatic carbocycles. The van der Waals surface area contributed by atoms with Gasteiger partial charge in [-0.3, -0.25) is 0 Å². The standard InChI is InChI=1S/C14H20BrClO/c1-6-8(2)13(16)12-10(4)11(15)7-9(3)14(12)17-5/h7-8,13H,6H2,1-5H3. The van der Waals surface area contributed by atoms with Gasteiger partial charge in [-0.1, -0.05) is 36.2 Å². The summed E-state index contributed by atoms with van der Waals surface area (Å²) in [6.45, 7) is 8.46. The fourth-order valence-electron chi connectivity index (χ4n) is 1.97. The van der Waals surface area contributed by atoms with Crippen LogP contribution >= 0.6 is 27.5 Å². The van der Waals surface area contributed by atoms with E-state index in [4.69, 9.17) is 16.3 Å². The first-order valence-corrected chi connectivity index (χ1v) is 7.14. The summed E-state index contributed by atoms with van der Waals surface area (Å²) >= 11 is 10.2. The van der Waals surface area contributed by atoms with E-state index in [2.05, 4.69) is 42.8 Å². The minimum atomic E-state index is -0.00819. The monoisotopic (exact) mass is 318 g/mol. The van der Waals surface area contributed by atoms with E-state index in [1.807, 2.05) is 6.92 Å². The summed E-state index contributed by atoms with van der Waals surface area (Å²) in [6, 6.07) is 2.08. The first-order chi connectivity index (χ1) is 7.93. The molecule has 1 rings (SSSR count). The number of hydrogen-bond donors (Lipinski definition) is 0. The van der Waals surface area contributed by atoms with Gasteiger partial charge in [-0.15, -0.1) is 11.6 Å². The minimum Gasteiger partial charge on any atom is -0.496 e. The van der Waals surface area contributed by atoms with Crippen molar-refractivity contribution < 1.29 is 4.74 Å². The second-order valence-corrected chi connectivity index (χ2v) is 5.86. The van der Waals surface area contributed by atoms with E-state index in [-0.39, 0.29) is 5.38 Å². The summed E-state index contributed by atoms with van der Waals surface area (Å²) in [7, 11) is 1.71. The SMILES string of the molecule is CCC(C)C(Cl)c1c(C)c(Br)cc(C)c1OC. The quantitative estimate of drug-likeness (QED) is 0.675. The second kappa shape index (κ2) is 6.10. The van der Waals surface area contributed by atoms with Gasteiger partial charge in [0.1, 0.15) is 5.75 Å². The highest BCUT2D eigenvalue weighted by molar-refractivity contribution is 9.10. The zero-order chi connectivity index (χ0) is 13.2. The summed E-state index contributed by atoms with van der Waals surface area (Å²) in [5, 5.41) is -0.00819. The zero-order valence-corrected chi connectivity index (χ0v) is 13.4. The van der Waals surface area contributed by atoms with Crippen LogP contribution in [0, 0.1) is 19.8 Å². The van der Waals surface area contributed by atoms with E-state index in [0.717, 1.165) is 27.8 Å². The average molecular weight is 320 g/mol. The molecule has 0 aliphatic rings. The molecule has 96 valence electrons. The van der Waals surface area contributed by atoms with E-state index in [1.165, 1.54) is 5.56 Å². The molecule has 0 bridgehead atoms. The van der Waals surface area contributed by atoms with E-state index in [1.54, 1.807) is 7.11 Å². The predicted octanol–water partition coefficient (Wildman–Crippen LogP) is 5.40. The topological polar surface area (TPSA) is 9.23 Å². The molecule has 1 aromatic carbocycles. The molecule has 3 heteroatoms. The lowest BCUT2D eigenvalue weighted by Gasteiger charge is -2.23. The number of aryl methyl sites for hydroxylation is 1. The third kappa shape index (κ3) is 2.97. The Morgan fingerprint density at radius 3 is 2.47 bits per heavy atom. The highest BCUT2D eigenvalue weighted by Crippen LogP contribution is 2.42. The summed E-state index contributed by atoms with van der Waals surface area (Å²) < 4.78 is 6.62. The Morgan fingerprint density at radius 2 is 2.00 bits per heavy atom. The van der Waals surface area contributed by atoms with Gasteiger partial charge in [0.15, 0.2) is 0 Å². The molecule has 2 unspecified atom stereocenters. The van der Waals surface area contributed by atoms with Gasteiger partial charge in [0.2, 0.25) is 0 Å². The van der Waals surface area contributed by atoms with Gasteiger partial charge in [0.05, 0.1) is 12.5 Å². The molecule has 0 radical (unpaired) electrons. The van der Waals surface area contributed by atoms with Crippen LogP contribution in [0.3, 0.4) is 0 Å². The molecule has 0 amide bonds. The van der Waals surface area contributed by atoms with Crippen LogP contribution in [0.1, 0.15) is 42.3 Å². The van der Waals surface area contributed by atoms with Crippen molar-refractivity contribution in [1.82, 2.24) is 0 Å². The number of hydrogen-bond acceptors (Lipinski definition) is 1. The Kier molecular flexibility index (Phi) is 5.33. The maximum atomic E-state index is 6.59. The largest absolute Gasteiger partial charge is 0.496 e. The maximum absolute atomic E-state index is 6.59. The van der Waals surface area contributed by atoms with Crippen LogP contribution < -0.4 is 4.74 Å². The first kappa shape index (κ1) is 14.8. The summed E-state index contributed by atoms with van der Waals surface area (Å²) in [4.78, 5) is 0. The number of methoxy groups -OCH3 is 1. The van der Waals surface area contributed by atoms with Crippen molar-refractivity contribution in [1.29, 1.82) is 0 Å². The van der Waals surface area contributed by atoms with Gasteiger partial charge in [0.25, 0.3) is 0 Å². The molecule has 0 saturated heterocycles. The molecule has 0 N–H and O–H groups in total. The van der Waals surface area contributed by atoms with E-state index < -0.39 is 0 Å². The van der Waals surface area contributed by atoms with Crippen molar-refractivity contribution in [2.45, 2.75) is 39.5 Å². The van der Waals surface area contributed by atoms with E-state index in [9.17, 15) is 0 Å². The Morgan fingerprint density at radius 1 is 1.41 bits per heavy atom. The molecular formula is C14H20BrClO. The molecule has 0 spiro atoms. The summed E-state index contributed by atoms with van der Waals surface area (Å²) in [5.74, 6) is 1.35. The van der Waals surface area contributed by atoms with Crippen LogP contribution in [0.2, 0.25) is 0 Å². The van der Waals surface area contributed by atoms with Gasteiger partial charge < -0.3 is 4.74 Å². The van der Waals surface area contributed by atoms with Crippen LogP contribution in [0.15, 0.2) is 10.5 Å². The molecular weight excluding hydrogens is 300 g/mol. The van der Waals surface area contributed by atoms with Gasteiger partial charge in [0, 0.05) is 10.0 Å². The Hall–Kier alpha value is -0.210. The van der Waals surface area contributed by atoms with Gasteiger partial charge in [-0.05, 0) is 37.0 Å². The highest BCUT2D eigenvalue weighted by Gasteiger charge is 2.23. The normalized spacial score (nSPS) is 14.5. The third-order valence-corrected chi connectivity index (χ3v) is 4.80. The fourth-order valence-corrected chi connectivity index (χ4v) is 2.97. The molecule has 0 aromatic heterocycles. The Labute approximate surface area is 118 Å². The number of alkyl halides is 1. The molecule has 17 heavy (non-hydrogen) atoms. The number of rotatable bonds is 4. The van der Waals surface area contributed by atoms with Crippen LogP contribution in [0.4, 0.5) is 0 Å². The van der Waals surface area contributed by atoms with Crippen molar-refractivity contribution in [3.63, 3.8) is 0 Å². The van der Waals surface area contributed by atoms with Crippen molar-refractivity contribution >= 4 is 27.5 Å². The lowest BCUT2D eigenvalue weighted by molar-refractivity contribution is 0.399. The molecule has 1 nitrogen and oxygen atoms in total. The molecule has 0 fully saturated rings. The van der Waals surface area contributed by atoms with E-state index in [0.29, 0.717) is 5.92 Å². The van der Waals surface area contributed by atoms with Crippen LogP contribution in [-0.4, -0.2) is 7.11 Å². The Bertz CT molecular complexity index is 404. The molecule has 0 aliphatic heterocycles.